The molecule has 0 aliphatic carbocycles. The van der Waals surface area contributed by atoms with Gasteiger partial charge in [-0.2, -0.15) is 0 Å². The van der Waals surface area contributed by atoms with E-state index in [1.54, 1.807) is 0 Å². The molecule has 0 unspecified atom stereocenters. The molecule has 3 atom stereocenters. The van der Waals surface area contributed by atoms with Crippen molar-refractivity contribution in [3.63, 3.8) is 0 Å². The Labute approximate surface area is 245 Å². The van der Waals surface area contributed by atoms with E-state index in [2.05, 4.69) is 74.3 Å². The van der Waals surface area contributed by atoms with Crippen LogP contribution < -0.4 is 5.32 Å². The van der Waals surface area contributed by atoms with Gasteiger partial charge in [0.2, 0.25) is 5.91 Å². The molecule has 2 amide bonds. The first-order valence-electron chi connectivity index (χ1n) is 15.2. The molecular weight excluding hydrogens is 506 g/mol. The summed E-state index contributed by atoms with van der Waals surface area (Å²) >= 11 is 0. The van der Waals surface area contributed by atoms with Crippen molar-refractivity contribution < 1.29 is 9.59 Å². The molecule has 0 spiro atoms. The fourth-order valence-corrected chi connectivity index (χ4v) is 6.46. The Morgan fingerprint density at radius 3 is 2.32 bits per heavy atom. The number of nitrogens with one attached hydrogen (secondary N) is 1. The van der Waals surface area contributed by atoms with Crippen molar-refractivity contribution in [1.82, 2.24) is 9.80 Å². The zero-order valence-electron chi connectivity index (χ0n) is 25.3. The number of anilines is 1. The van der Waals surface area contributed by atoms with E-state index < -0.39 is 0 Å². The number of carbonyl (C=O) groups is 2. The molecule has 2 heterocycles. The third-order valence-electron chi connectivity index (χ3n) is 9.00. The van der Waals surface area contributed by atoms with Crippen molar-refractivity contribution >= 4 is 17.5 Å². The van der Waals surface area contributed by atoms with Crippen molar-refractivity contribution in [2.75, 3.05) is 18.4 Å². The maximum absolute atomic E-state index is 14.0. The summed E-state index contributed by atoms with van der Waals surface area (Å²) in [6.45, 7) is 13.5. The first-order valence-corrected chi connectivity index (χ1v) is 15.2. The second kappa shape index (κ2) is 12.2. The fraction of sp³-hybridized carbons (Fsp3) is 0.444. The molecule has 5 nitrogen and oxygen atoms in total. The Bertz CT molecular complexity index is 1370. The van der Waals surface area contributed by atoms with Crippen molar-refractivity contribution in [3.05, 3.63) is 101 Å². The number of piperidine rings is 1. The van der Waals surface area contributed by atoms with Crippen LogP contribution >= 0.6 is 0 Å². The third kappa shape index (κ3) is 6.56. The third-order valence-corrected chi connectivity index (χ3v) is 9.00. The molecule has 0 aromatic heterocycles. The Morgan fingerprint density at radius 1 is 0.902 bits per heavy atom. The molecule has 216 valence electrons. The average Bonchev–Trinajstić information content (AvgIpc) is 3.36. The minimum Gasteiger partial charge on any atom is -0.331 e. The van der Waals surface area contributed by atoms with Crippen LogP contribution in [0.4, 0.5) is 5.69 Å². The lowest BCUT2D eigenvalue weighted by molar-refractivity contribution is -0.123. The average molecular weight is 552 g/mol. The lowest BCUT2D eigenvalue weighted by atomic mass is 9.83. The normalized spacial score (nSPS) is 21.6. The van der Waals surface area contributed by atoms with Gasteiger partial charge in [-0.3, -0.25) is 14.5 Å². The van der Waals surface area contributed by atoms with Gasteiger partial charge in [0.15, 0.2) is 0 Å². The summed E-state index contributed by atoms with van der Waals surface area (Å²) < 4.78 is 0. The van der Waals surface area contributed by atoms with Gasteiger partial charge >= 0.3 is 0 Å². The van der Waals surface area contributed by atoms with Crippen LogP contribution in [0.1, 0.15) is 92.0 Å². The second-order valence-electron chi connectivity index (χ2n) is 13.0. The number of nitrogens with zero attached hydrogens (tertiary/aromatic N) is 2. The Hall–Kier alpha value is -3.44. The molecular formula is C36H45N3O2. The highest BCUT2D eigenvalue weighted by Crippen LogP contribution is 2.39. The minimum absolute atomic E-state index is 0.00435. The predicted molar refractivity (Wildman–Crippen MR) is 167 cm³/mol. The first kappa shape index (κ1) is 29.1. The van der Waals surface area contributed by atoms with Gasteiger partial charge in [-0.1, -0.05) is 75.4 Å². The van der Waals surface area contributed by atoms with Gasteiger partial charge in [-0.15, -0.1) is 0 Å². The molecule has 0 saturated carbocycles. The summed E-state index contributed by atoms with van der Waals surface area (Å²) in [5, 5.41) is 3.22. The number of amides is 2. The van der Waals surface area contributed by atoms with E-state index in [0.29, 0.717) is 18.2 Å². The topological polar surface area (TPSA) is 52.7 Å². The molecule has 2 fully saturated rings. The van der Waals surface area contributed by atoms with E-state index in [1.165, 1.54) is 24.0 Å². The van der Waals surface area contributed by atoms with Gasteiger partial charge in [0.1, 0.15) is 0 Å². The van der Waals surface area contributed by atoms with Crippen LogP contribution in [-0.4, -0.2) is 40.7 Å². The monoisotopic (exact) mass is 551 g/mol. The second-order valence-corrected chi connectivity index (χ2v) is 13.0. The van der Waals surface area contributed by atoms with Gasteiger partial charge in [0, 0.05) is 30.4 Å². The Kier molecular flexibility index (Phi) is 8.65. The first-order chi connectivity index (χ1) is 19.6. The van der Waals surface area contributed by atoms with Crippen molar-refractivity contribution in [3.8, 4) is 0 Å². The largest absolute Gasteiger partial charge is 0.331 e. The molecule has 2 saturated heterocycles. The Balaban J connectivity index is 1.45. The number of rotatable bonds is 6. The highest BCUT2D eigenvalue weighted by atomic mass is 16.2. The smallest absolute Gasteiger partial charge is 0.254 e. The van der Waals surface area contributed by atoms with E-state index in [9.17, 15) is 9.59 Å². The summed E-state index contributed by atoms with van der Waals surface area (Å²) in [4.78, 5) is 32.4. The van der Waals surface area contributed by atoms with Crippen LogP contribution in [0.15, 0.2) is 72.8 Å². The van der Waals surface area contributed by atoms with Crippen LogP contribution in [0.25, 0.3) is 0 Å². The van der Waals surface area contributed by atoms with Crippen LogP contribution in [0.3, 0.4) is 0 Å². The molecule has 3 aromatic carbocycles. The lowest BCUT2D eigenvalue weighted by Gasteiger charge is -2.41. The number of benzene rings is 3. The maximum Gasteiger partial charge on any atom is 0.254 e. The summed E-state index contributed by atoms with van der Waals surface area (Å²) in [5.74, 6) is -0.381. The molecule has 0 radical (unpaired) electrons. The number of hydrogen-bond acceptors (Lipinski definition) is 3. The lowest BCUT2D eigenvalue weighted by Crippen LogP contribution is -2.46. The highest BCUT2D eigenvalue weighted by Gasteiger charge is 2.40. The highest BCUT2D eigenvalue weighted by molar-refractivity contribution is 5.98. The van der Waals surface area contributed by atoms with E-state index in [0.717, 1.165) is 42.7 Å². The van der Waals surface area contributed by atoms with Gasteiger partial charge in [0.25, 0.3) is 5.91 Å². The molecule has 2 aliphatic rings. The van der Waals surface area contributed by atoms with Crippen molar-refractivity contribution in [1.29, 1.82) is 0 Å². The minimum atomic E-state index is -0.348. The maximum atomic E-state index is 14.0. The van der Waals surface area contributed by atoms with Gasteiger partial charge in [-0.25, -0.2) is 0 Å². The van der Waals surface area contributed by atoms with Gasteiger partial charge in [0.05, 0.1) is 12.0 Å². The van der Waals surface area contributed by atoms with Crippen molar-refractivity contribution in [2.24, 2.45) is 5.92 Å². The van der Waals surface area contributed by atoms with Crippen LogP contribution in [0.2, 0.25) is 0 Å². The number of likely N-dealkylation sites (tertiary alicyclic amines) is 2. The van der Waals surface area contributed by atoms with E-state index in [4.69, 9.17) is 0 Å². The molecule has 5 rings (SSSR count). The fourth-order valence-electron chi connectivity index (χ4n) is 6.46. The summed E-state index contributed by atoms with van der Waals surface area (Å²) in [5.41, 5.74) is 5.92. The van der Waals surface area contributed by atoms with E-state index in [-0.39, 0.29) is 29.2 Å². The summed E-state index contributed by atoms with van der Waals surface area (Å²) in [6, 6.07) is 24.8. The van der Waals surface area contributed by atoms with Crippen LogP contribution in [-0.2, 0) is 16.8 Å². The molecule has 5 heteroatoms. The number of carbonyl (C=O) groups excluding carboxylic acids is 2. The summed E-state index contributed by atoms with van der Waals surface area (Å²) in [7, 11) is 0. The van der Waals surface area contributed by atoms with E-state index in [1.807, 2.05) is 48.2 Å². The zero-order valence-corrected chi connectivity index (χ0v) is 25.3. The molecule has 3 aromatic rings. The number of aryl methyl sites for hydroxylation is 1. The van der Waals surface area contributed by atoms with Crippen LogP contribution in [0, 0.1) is 12.8 Å². The quantitative estimate of drug-likeness (QED) is 0.345. The van der Waals surface area contributed by atoms with Crippen LogP contribution in [0.5, 0.6) is 0 Å². The Morgan fingerprint density at radius 2 is 1.63 bits per heavy atom. The molecule has 2 aliphatic heterocycles. The molecule has 0 bridgehead atoms. The van der Waals surface area contributed by atoms with E-state index >= 15 is 0 Å². The van der Waals surface area contributed by atoms with Gasteiger partial charge < -0.3 is 10.2 Å². The SMILES string of the molecule is Cc1ccccc1C(=O)N1CCC[C@H](C(=O)Nc2cccc(C(C)(C)C)c2)[C@@H]1c1ccc(CN2CCC[C@@H]2C)cc1. The zero-order chi connectivity index (χ0) is 29.1. The predicted octanol–water partition coefficient (Wildman–Crippen LogP) is 7.51. The van der Waals surface area contributed by atoms with Crippen molar-refractivity contribution in [2.45, 2.75) is 84.3 Å². The molecule has 41 heavy (non-hydrogen) atoms. The molecule has 1 N–H and O–H groups in total. The standard InChI is InChI=1S/C36H45N3O2/c1-25-11-6-7-15-31(25)35(41)39-22-10-16-32(34(40)37-30-14-8-13-29(23-30)36(3,4)5)33(39)28-19-17-27(18-20-28)24-38-21-9-12-26(38)2/h6-8,11,13-15,17-20,23,26,32-33H,9-10,12,16,21-22,24H2,1-5H3,(H,37,40)/t26-,32-,33-/m0/s1. The number of hydrogen-bond donors (Lipinski definition) is 1. The van der Waals surface area contributed by atoms with Gasteiger partial charge in [-0.05, 0) is 91.9 Å². The summed E-state index contributed by atoms with van der Waals surface area (Å²) in [6.07, 6.45) is 4.04.